The summed E-state index contributed by atoms with van der Waals surface area (Å²) in [4.78, 5) is 10.6. The van der Waals surface area contributed by atoms with Crippen LogP contribution in [0.5, 0.6) is 0 Å². The smallest absolute Gasteiger partial charge is 0.319 e. The second-order valence-electron chi connectivity index (χ2n) is 2.44. The molecule has 0 bridgehead atoms. The molecular weight excluding hydrogens is 174 g/mol. The molecule has 0 unspecified atom stereocenters. The van der Waals surface area contributed by atoms with Gasteiger partial charge < -0.3 is 19.9 Å². The summed E-state index contributed by atoms with van der Waals surface area (Å²) in [6.45, 7) is 1.96. The Labute approximate surface area is 78.0 Å². The van der Waals surface area contributed by atoms with Gasteiger partial charge in [0.1, 0.15) is 0 Å². The third-order valence-electron chi connectivity index (χ3n) is 1.37. The van der Waals surface area contributed by atoms with Gasteiger partial charge in [0.05, 0.1) is 26.9 Å². The number of carbonyl (C=O) groups is 1. The van der Waals surface area contributed by atoms with Crippen molar-refractivity contribution < 1.29 is 19.4 Å². The van der Waals surface area contributed by atoms with Crippen molar-refractivity contribution in [2.45, 2.75) is 6.42 Å². The van der Waals surface area contributed by atoms with Crippen molar-refractivity contribution in [1.82, 2.24) is 5.32 Å². The average molecular weight is 191 g/mol. The molecule has 0 aromatic heterocycles. The molecule has 0 fully saturated rings. The SMILES string of the molecule is COC(=O)CNCCCOCCO. The van der Waals surface area contributed by atoms with E-state index in [9.17, 15) is 4.79 Å². The Morgan fingerprint density at radius 2 is 2.23 bits per heavy atom. The molecule has 2 N–H and O–H groups in total. The summed E-state index contributed by atoms with van der Waals surface area (Å²) in [6.07, 6.45) is 0.816. The predicted octanol–water partition coefficient (Wildman–Crippen LogP) is -0.852. The van der Waals surface area contributed by atoms with E-state index in [1.807, 2.05) is 0 Å². The number of nitrogens with one attached hydrogen (secondary N) is 1. The van der Waals surface area contributed by atoms with Crippen molar-refractivity contribution in [3.63, 3.8) is 0 Å². The number of hydrogen-bond donors (Lipinski definition) is 2. The van der Waals surface area contributed by atoms with Crippen molar-refractivity contribution >= 4 is 5.97 Å². The van der Waals surface area contributed by atoms with E-state index in [2.05, 4.69) is 10.1 Å². The Hall–Kier alpha value is -0.650. The minimum atomic E-state index is -0.267. The van der Waals surface area contributed by atoms with Gasteiger partial charge >= 0.3 is 5.97 Å². The maximum absolute atomic E-state index is 10.6. The molecule has 0 rings (SSSR count). The molecule has 0 saturated heterocycles. The normalized spacial score (nSPS) is 10.0. The Kier molecular flexibility index (Phi) is 8.97. The fourth-order valence-corrected chi connectivity index (χ4v) is 0.728. The number of hydrogen-bond acceptors (Lipinski definition) is 5. The van der Waals surface area contributed by atoms with Gasteiger partial charge in [-0.2, -0.15) is 0 Å². The van der Waals surface area contributed by atoms with E-state index in [1.165, 1.54) is 7.11 Å². The number of rotatable bonds is 8. The molecule has 0 aliphatic rings. The van der Waals surface area contributed by atoms with Gasteiger partial charge in [-0.3, -0.25) is 4.79 Å². The fourth-order valence-electron chi connectivity index (χ4n) is 0.728. The van der Waals surface area contributed by atoms with Crippen molar-refractivity contribution in [2.24, 2.45) is 0 Å². The van der Waals surface area contributed by atoms with Crippen LogP contribution in [0.4, 0.5) is 0 Å². The molecule has 0 heterocycles. The predicted molar refractivity (Wildman–Crippen MR) is 47.4 cm³/mol. The number of esters is 1. The second-order valence-corrected chi connectivity index (χ2v) is 2.44. The summed E-state index contributed by atoms with van der Waals surface area (Å²) in [5, 5.41) is 11.3. The Morgan fingerprint density at radius 1 is 1.46 bits per heavy atom. The molecule has 0 aliphatic heterocycles. The lowest BCUT2D eigenvalue weighted by Gasteiger charge is -2.03. The maximum Gasteiger partial charge on any atom is 0.319 e. The second kappa shape index (κ2) is 9.44. The van der Waals surface area contributed by atoms with Crippen LogP contribution >= 0.6 is 0 Å². The van der Waals surface area contributed by atoms with Crippen LogP contribution in [0.2, 0.25) is 0 Å². The first-order valence-corrected chi connectivity index (χ1v) is 4.27. The van der Waals surface area contributed by atoms with E-state index in [1.54, 1.807) is 0 Å². The molecule has 5 heteroatoms. The van der Waals surface area contributed by atoms with E-state index < -0.39 is 0 Å². The van der Waals surface area contributed by atoms with Crippen LogP contribution in [0, 0.1) is 0 Å². The Balaban J connectivity index is 2.95. The van der Waals surface area contributed by atoms with Gasteiger partial charge in [0, 0.05) is 6.61 Å². The van der Waals surface area contributed by atoms with Crippen LogP contribution in [0.25, 0.3) is 0 Å². The van der Waals surface area contributed by atoms with Crippen LogP contribution in [-0.2, 0) is 14.3 Å². The number of methoxy groups -OCH3 is 1. The summed E-state index contributed by atoms with van der Waals surface area (Å²) in [7, 11) is 1.36. The molecule has 0 aliphatic carbocycles. The fraction of sp³-hybridized carbons (Fsp3) is 0.875. The number of aliphatic hydroxyl groups excluding tert-OH is 1. The Bertz CT molecular complexity index is 129. The van der Waals surface area contributed by atoms with Crippen LogP contribution in [0.3, 0.4) is 0 Å². The lowest BCUT2D eigenvalue weighted by Crippen LogP contribution is -2.25. The zero-order valence-corrected chi connectivity index (χ0v) is 7.91. The monoisotopic (exact) mass is 191 g/mol. The van der Waals surface area contributed by atoms with Crippen molar-refractivity contribution in [2.75, 3.05) is 40.0 Å². The summed E-state index contributed by atoms with van der Waals surface area (Å²) in [6, 6.07) is 0. The number of ether oxygens (including phenoxy) is 2. The topological polar surface area (TPSA) is 67.8 Å². The van der Waals surface area contributed by atoms with E-state index >= 15 is 0 Å². The molecule has 0 amide bonds. The summed E-state index contributed by atoms with van der Waals surface area (Å²) < 4.78 is 9.44. The van der Waals surface area contributed by atoms with Gasteiger partial charge in [-0.05, 0) is 13.0 Å². The highest BCUT2D eigenvalue weighted by molar-refractivity contribution is 5.71. The van der Waals surface area contributed by atoms with Gasteiger partial charge in [-0.1, -0.05) is 0 Å². The standard InChI is InChI=1S/C8H17NO4/c1-12-8(11)7-9-3-2-5-13-6-4-10/h9-10H,2-7H2,1H3. The van der Waals surface area contributed by atoms with E-state index in [4.69, 9.17) is 9.84 Å². The van der Waals surface area contributed by atoms with E-state index in [0.29, 0.717) is 19.8 Å². The highest BCUT2D eigenvalue weighted by Gasteiger charge is 1.97. The molecular formula is C8H17NO4. The molecule has 0 aromatic rings. The summed E-state index contributed by atoms with van der Waals surface area (Å²) in [5.74, 6) is -0.267. The van der Waals surface area contributed by atoms with Gasteiger partial charge in [0.25, 0.3) is 0 Å². The van der Waals surface area contributed by atoms with Crippen molar-refractivity contribution in [3.05, 3.63) is 0 Å². The van der Waals surface area contributed by atoms with Crippen LogP contribution in [0.15, 0.2) is 0 Å². The van der Waals surface area contributed by atoms with Crippen molar-refractivity contribution in [1.29, 1.82) is 0 Å². The highest BCUT2D eigenvalue weighted by atomic mass is 16.5. The minimum absolute atomic E-state index is 0.0512. The third kappa shape index (κ3) is 9.26. The van der Waals surface area contributed by atoms with Gasteiger partial charge in [0.2, 0.25) is 0 Å². The first-order chi connectivity index (χ1) is 6.31. The average Bonchev–Trinajstić information content (AvgIpc) is 2.16. The van der Waals surface area contributed by atoms with Crippen LogP contribution in [-0.4, -0.2) is 51.1 Å². The molecule has 0 saturated carbocycles. The van der Waals surface area contributed by atoms with Gasteiger partial charge in [0.15, 0.2) is 0 Å². The maximum atomic E-state index is 10.6. The third-order valence-corrected chi connectivity index (χ3v) is 1.37. The first kappa shape index (κ1) is 12.3. The molecule has 13 heavy (non-hydrogen) atoms. The van der Waals surface area contributed by atoms with Gasteiger partial charge in [-0.15, -0.1) is 0 Å². The van der Waals surface area contributed by atoms with Gasteiger partial charge in [-0.25, -0.2) is 0 Å². The number of carbonyl (C=O) groups excluding carboxylic acids is 1. The Morgan fingerprint density at radius 3 is 2.85 bits per heavy atom. The van der Waals surface area contributed by atoms with Crippen LogP contribution in [0.1, 0.15) is 6.42 Å². The zero-order chi connectivity index (χ0) is 9.94. The summed E-state index contributed by atoms with van der Waals surface area (Å²) in [5.41, 5.74) is 0. The van der Waals surface area contributed by atoms with E-state index in [-0.39, 0.29) is 19.1 Å². The number of aliphatic hydroxyl groups is 1. The zero-order valence-electron chi connectivity index (χ0n) is 7.91. The molecule has 5 nitrogen and oxygen atoms in total. The van der Waals surface area contributed by atoms with E-state index in [0.717, 1.165) is 6.42 Å². The quantitative estimate of drug-likeness (QED) is 0.386. The van der Waals surface area contributed by atoms with Crippen molar-refractivity contribution in [3.8, 4) is 0 Å². The molecule has 0 spiro atoms. The van der Waals surface area contributed by atoms with Crippen LogP contribution < -0.4 is 5.32 Å². The molecule has 0 aromatic carbocycles. The summed E-state index contributed by atoms with van der Waals surface area (Å²) >= 11 is 0. The molecule has 0 radical (unpaired) electrons. The first-order valence-electron chi connectivity index (χ1n) is 4.27. The largest absolute Gasteiger partial charge is 0.468 e. The highest BCUT2D eigenvalue weighted by Crippen LogP contribution is 1.80. The molecule has 0 atom stereocenters. The lowest BCUT2D eigenvalue weighted by molar-refractivity contribution is -0.139. The minimum Gasteiger partial charge on any atom is -0.468 e. The lowest BCUT2D eigenvalue weighted by atomic mass is 10.4. The molecule has 78 valence electrons.